The lowest BCUT2D eigenvalue weighted by Gasteiger charge is -2.31. The number of rotatable bonds is 8. The Morgan fingerprint density at radius 3 is 2.59 bits per heavy atom. The average molecular weight is 507 g/mol. The number of hydrogen-bond donors (Lipinski definition) is 1. The summed E-state index contributed by atoms with van der Waals surface area (Å²) in [7, 11) is 0. The predicted octanol–water partition coefficient (Wildman–Crippen LogP) is 2.78. The van der Waals surface area contributed by atoms with E-state index in [-0.39, 0.29) is 11.3 Å². The number of aliphatic hydroxyl groups excluding tert-OH is 1. The second-order valence-electron chi connectivity index (χ2n) is 8.98. The fourth-order valence-corrected chi connectivity index (χ4v) is 4.81. The van der Waals surface area contributed by atoms with Gasteiger partial charge in [0.2, 0.25) is 0 Å². The molecule has 5 rings (SSSR count). The third-order valence-corrected chi connectivity index (χ3v) is 6.66. The summed E-state index contributed by atoms with van der Waals surface area (Å²) in [6.45, 7) is 8.53. The van der Waals surface area contributed by atoms with Gasteiger partial charge in [-0.15, -0.1) is 0 Å². The van der Waals surface area contributed by atoms with Crippen molar-refractivity contribution in [1.82, 2.24) is 9.80 Å². The molecule has 0 aliphatic carbocycles. The van der Waals surface area contributed by atoms with Crippen LogP contribution in [-0.4, -0.2) is 85.8 Å². The normalized spacial score (nSPS) is 21.2. The van der Waals surface area contributed by atoms with E-state index in [2.05, 4.69) is 11.5 Å². The molecule has 9 nitrogen and oxygen atoms in total. The summed E-state index contributed by atoms with van der Waals surface area (Å²) in [5.41, 5.74) is 1.07. The first-order valence-corrected chi connectivity index (χ1v) is 12.4. The van der Waals surface area contributed by atoms with E-state index in [0.717, 1.165) is 13.1 Å². The van der Waals surface area contributed by atoms with Gasteiger partial charge in [0.05, 0.1) is 24.8 Å². The molecule has 2 aromatic rings. The zero-order valence-corrected chi connectivity index (χ0v) is 20.6. The predicted molar refractivity (Wildman–Crippen MR) is 136 cm³/mol. The molecular weight excluding hydrogens is 476 g/mol. The molecule has 0 spiro atoms. The number of morpholine rings is 1. The molecule has 0 aromatic heterocycles. The van der Waals surface area contributed by atoms with Gasteiger partial charge in [0.25, 0.3) is 11.7 Å². The molecule has 1 N–H and O–H groups in total. The number of ketones is 1. The standard InChI is InChI=1S/C28H30N2O7/c1-2-12-35-21-5-3-4-19(17-21)25-24(26(31)20-6-7-22-23(18-20)37-16-15-36-22)27(32)28(33)30(25)9-8-29-10-13-34-14-11-29/h2-7,17-18,25,31H,1,8-16H2/t25-/m1/s1. The molecule has 2 saturated heterocycles. The van der Waals surface area contributed by atoms with Crippen molar-refractivity contribution >= 4 is 17.4 Å². The SMILES string of the molecule is C=CCOc1cccc([C@@H]2C(=C(O)c3ccc4c(c3)OCCO4)C(=O)C(=O)N2CCN2CCOCC2)c1. The van der Waals surface area contributed by atoms with Crippen LogP contribution < -0.4 is 14.2 Å². The average Bonchev–Trinajstić information content (AvgIpc) is 3.20. The summed E-state index contributed by atoms with van der Waals surface area (Å²) in [5.74, 6) is -0.000694. The number of fused-ring (bicyclic) bond motifs is 1. The maximum atomic E-state index is 13.4. The zero-order valence-electron chi connectivity index (χ0n) is 20.6. The van der Waals surface area contributed by atoms with E-state index in [0.29, 0.717) is 74.5 Å². The molecular formula is C28H30N2O7. The second kappa shape index (κ2) is 11.1. The molecule has 2 fully saturated rings. The van der Waals surface area contributed by atoms with Crippen LogP contribution in [0, 0.1) is 0 Å². The van der Waals surface area contributed by atoms with E-state index < -0.39 is 17.7 Å². The number of carbonyl (C=O) groups excluding carboxylic acids is 2. The summed E-state index contributed by atoms with van der Waals surface area (Å²) in [6.07, 6.45) is 1.64. The van der Waals surface area contributed by atoms with Crippen LogP contribution in [0.1, 0.15) is 17.2 Å². The number of nitrogens with zero attached hydrogens (tertiary/aromatic N) is 2. The summed E-state index contributed by atoms with van der Waals surface area (Å²) >= 11 is 0. The van der Waals surface area contributed by atoms with Crippen LogP contribution in [0.25, 0.3) is 5.76 Å². The molecule has 1 amide bonds. The first-order chi connectivity index (χ1) is 18.1. The Labute approximate surface area is 215 Å². The van der Waals surface area contributed by atoms with Gasteiger partial charge in [-0.3, -0.25) is 14.5 Å². The number of carbonyl (C=O) groups is 2. The van der Waals surface area contributed by atoms with E-state index in [1.165, 1.54) is 4.90 Å². The summed E-state index contributed by atoms with van der Waals surface area (Å²) in [4.78, 5) is 30.4. The molecule has 3 aliphatic heterocycles. The largest absolute Gasteiger partial charge is 0.507 e. The lowest BCUT2D eigenvalue weighted by molar-refractivity contribution is -0.140. The summed E-state index contributed by atoms with van der Waals surface area (Å²) in [6, 6.07) is 11.4. The van der Waals surface area contributed by atoms with Crippen molar-refractivity contribution in [2.45, 2.75) is 6.04 Å². The van der Waals surface area contributed by atoms with Crippen molar-refractivity contribution in [1.29, 1.82) is 0 Å². The number of Topliss-reactive ketones (excluding diaryl/α,β-unsaturated/α-hetero) is 1. The van der Waals surface area contributed by atoms with Gasteiger partial charge in [-0.25, -0.2) is 0 Å². The molecule has 194 valence electrons. The summed E-state index contributed by atoms with van der Waals surface area (Å²) in [5, 5.41) is 11.4. The van der Waals surface area contributed by atoms with Crippen LogP contribution in [0.4, 0.5) is 0 Å². The molecule has 3 heterocycles. The van der Waals surface area contributed by atoms with Crippen molar-refractivity contribution in [3.05, 3.63) is 71.8 Å². The van der Waals surface area contributed by atoms with Gasteiger partial charge in [-0.1, -0.05) is 24.8 Å². The molecule has 9 heteroatoms. The zero-order chi connectivity index (χ0) is 25.8. The van der Waals surface area contributed by atoms with Crippen molar-refractivity contribution in [3.63, 3.8) is 0 Å². The van der Waals surface area contributed by atoms with Crippen molar-refractivity contribution in [2.75, 3.05) is 59.2 Å². The Balaban J connectivity index is 1.54. The lowest BCUT2D eigenvalue weighted by atomic mass is 9.95. The maximum absolute atomic E-state index is 13.4. The van der Waals surface area contributed by atoms with Crippen LogP contribution in [0.15, 0.2) is 60.7 Å². The highest BCUT2D eigenvalue weighted by atomic mass is 16.6. The number of amides is 1. The highest BCUT2D eigenvalue weighted by Gasteiger charge is 2.46. The van der Waals surface area contributed by atoms with E-state index in [9.17, 15) is 14.7 Å². The van der Waals surface area contributed by atoms with Crippen molar-refractivity contribution in [3.8, 4) is 17.2 Å². The Hall–Kier alpha value is -3.82. The van der Waals surface area contributed by atoms with Crippen molar-refractivity contribution in [2.24, 2.45) is 0 Å². The maximum Gasteiger partial charge on any atom is 0.295 e. The highest BCUT2D eigenvalue weighted by Crippen LogP contribution is 2.41. The number of likely N-dealkylation sites (tertiary alicyclic amines) is 1. The summed E-state index contributed by atoms with van der Waals surface area (Å²) < 4.78 is 22.4. The van der Waals surface area contributed by atoms with Gasteiger partial charge >= 0.3 is 0 Å². The van der Waals surface area contributed by atoms with Gasteiger partial charge < -0.3 is 29.0 Å². The van der Waals surface area contributed by atoms with Gasteiger partial charge in [0, 0.05) is 31.7 Å². The van der Waals surface area contributed by atoms with Crippen LogP contribution in [0.5, 0.6) is 17.2 Å². The first kappa shape index (κ1) is 24.9. The van der Waals surface area contributed by atoms with Crippen LogP contribution >= 0.6 is 0 Å². The smallest absolute Gasteiger partial charge is 0.295 e. The fraction of sp³-hybridized carbons (Fsp3) is 0.357. The molecule has 0 radical (unpaired) electrons. The van der Waals surface area contributed by atoms with Crippen LogP contribution in [-0.2, 0) is 14.3 Å². The molecule has 0 saturated carbocycles. The highest BCUT2D eigenvalue weighted by molar-refractivity contribution is 6.46. The monoisotopic (exact) mass is 506 g/mol. The number of benzene rings is 2. The minimum atomic E-state index is -0.776. The van der Waals surface area contributed by atoms with Gasteiger partial charge in [0.1, 0.15) is 31.3 Å². The quantitative estimate of drug-likeness (QED) is 0.253. The molecule has 2 aromatic carbocycles. The molecule has 1 atom stereocenters. The van der Waals surface area contributed by atoms with E-state index in [1.54, 1.807) is 42.5 Å². The first-order valence-electron chi connectivity index (χ1n) is 12.4. The Morgan fingerprint density at radius 2 is 1.81 bits per heavy atom. The third kappa shape index (κ3) is 5.19. The Morgan fingerprint density at radius 1 is 1.03 bits per heavy atom. The van der Waals surface area contributed by atoms with Gasteiger partial charge in [-0.05, 0) is 35.9 Å². The minimum Gasteiger partial charge on any atom is -0.507 e. The number of hydrogen-bond acceptors (Lipinski definition) is 8. The topological polar surface area (TPSA) is 97.8 Å². The number of aliphatic hydroxyl groups is 1. The number of ether oxygens (including phenoxy) is 4. The van der Waals surface area contributed by atoms with E-state index >= 15 is 0 Å². The lowest BCUT2D eigenvalue weighted by Crippen LogP contribution is -2.42. The van der Waals surface area contributed by atoms with E-state index in [4.69, 9.17) is 18.9 Å². The molecule has 0 unspecified atom stereocenters. The molecule has 3 aliphatic rings. The van der Waals surface area contributed by atoms with Gasteiger partial charge in [-0.2, -0.15) is 0 Å². The van der Waals surface area contributed by atoms with Crippen molar-refractivity contribution < 1.29 is 33.6 Å². The third-order valence-electron chi connectivity index (χ3n) is 6.66. The van der Waals surface area contributed by atoms with Crippen LogP contribution in [0.3, 0.4) is 0 Å². The molecule has 0 bridgehead atoms. The van der Waals surface area contributed by atoms with Crippen LogP contribution in [0.2, 0.25) is 0 Å². The molecule has 37 heavy (non-hydrogen) atoms. The Kier molecular flexibility index (Phi) is 7.43. The van der Waals surface area contributed by atoms with Gasteiger partial charge in [0.15, 0.2) is 11.5 Å². The fourth-order valence-electron chi connectivity index (χ4n) is 4.81. The Bertz CT molecular complexity index is 1220. The minimum absolute atomic E-state index is 0.0320. The second-order valence-corrected chi connectivity index (χ2v) is 8.98. The van der Waals surface area contributed by atoms with E-state index in [1.807, 2.05) is 6.07 Å².